The average molecular weight is 347 g/mol. The molecule has 0 radical (unpaired) electrons. The number of piperazine rings is 1. The maximum absolute atomic E-state index is 11.2. The van der Waals surface area contributed by atoms with Crippen LogP contribution in [0.2, 0.25) is 0 Å². The second kappa shape index (κ2) is 7.15. The molecule has 2 heterocycles. The van der Waals surface area contributed by atoms with Crippen LogP contribution in [0.15, 0.2) is 29.3 Å². The van der Waals surface area contributed by atoms with E-state index in [1.165, 1.54) is 17.7 Å². The number of thioether (sulfide) groups is 1. The number of anilines is 1. The Morgan fingerprint density at radius 3 is 2.67 bits per heavy atom. The second-order valence-corrected chi connectivity index (χ2v) is 8.78. The van der Waals surface area contributed by atoms with Gasteiger partial charge in [0, 0.05) is 50.1 Å². The van der Waals surface area contributed by atoms with Crippen LogP contribution in [0, 0.1) is 0 Å². The number of hydrogen-bond acceptors (Lipinski definition) is 5. The lowest BCUT2D eigenvalue weighted by atomic mass is 10.1. The molecule has 1 fully saturated rings. The summed E-state index contributed by atoms with van der Waals surface area (Å²) in [4.78, 5) is 20.8. The van der Waals surface area contributed by atoms with E-state index in [0.29, 0.717) is 0 Å². The molecule has 1 aromatic rings. The number of nitrogens with one attached hydrogen (secondary N) is 1. The molecule has 0 bridgehead atoms. The summed E-state index contributed by atoms with van der Waals surface area (Å²) in [6.45, 7) is 12.1. The fraction of sp³-hybridized carbons (Fsp3) is 0.556. The van der Waals surface area contributed by atoms with Gasteiger partial charge in [0.15, 0.2) is 5.17 Å². The van der Waals surface area contributed by atoms with Crippen LogP contribution in [-0.4, -0.2) is 58.3 Å². The third kappa shape index (κ3) is 4.51. The van der Waals surface area contributed by atoms with Gasteiger partial charge in [0.25, 0.3) is 0 Å². The van der Waals surface area contributed by atoms with Gasteiger partial charge in [0.2, 0.25) is 5.91 Å². The molecule has 2 aliphatic heterocycles. The van der Waals surface area contributed by atoms with Crippen molar-refractivity contribution in [1.29, 1.82) is 0 Å². The van der Waals surface area contributed by atoms with Gasteiger partial charge in [-0.3, -0.25) is 14.7 Å². The predicted octanol–water partition coefficient (Wildman–Crippen LogP) is 2.64. The number of carbonyl (C=O) groups excluding carboxylic acids is 1. The van der Waals surface area contributed by atoms with E-state index in [4.69, 9.17) is 4.99 Å². The van der Waals surface area contributed by atoms with Gasteiger partial charge in [0.1, 0.15) is 0 Å². The van der Waals surface area contributed by atoms with Crippen LogP contribution in [0.1, 0.15) is 26.3 Å². The summed E-state index contributed by atoms with van der Waals surface area (Å²) in [6, 6.07) is 8.12. The van der Waals surface area contributed by atoms with E-state index in [1.54, 1.807) is 0 Å². The first-order valence-electron chi connectivity index (χ1n) is 8.49. The Morgan fingerprint density at radius 1 is 1.29 bits per heavy atom. The molecule has 0 unspecified atom stereocenters. The largest absolute Gasteiger partial charge is 0.349 e. The van der Waals surface area contributed by atoms with Gasteiger partial charge in [-0.25, -0.2) is 0 Å². The molecule has 0 aliphatic carbocycles. The molecule has 6 heteroatoms. The maximum Gasteiger partial charge on any atom is 0.221 e. The van der Waals surface area contributed by atoms with Gasteiger partial charge in [0.05, 0.1) is 6.54 Å². The Bertz CT molecular complexity index is 636. The van der Waals surface area contributed by atoms with E-state index in [0.717, 1.165) is 45.0 Å². The van der Waals surface area contributed by atoms with Crippen molar-refractivity contribution in [3.05, 3.63) is 29.8 Å². The first-order valence-corrected chi connectivity index (χ1v) is 9.30. The molecule has 1 amide bonds. The van der Waals surface area contributed by atoms with Crippen LogP contribution in [0.3, 0.4) is 0 Å². The minimum Gasteiger partial charge on any atom is -0.349 e. The smallest absolute Gasteiger partial charge is 0.221 e. The summed E-state index contributed by atoms with van der Waals surface area (Å²) in [5.74, 6) is -0.0291. The topological polar surface area (TPSA) is 47.9 Å². The highest BCUT2D eigenvalue weighted by molar-refractivity contribution is 8.15. The fourth-order valence-corrected chi connectivity index (χ4v) is 4.10. The Balaban J connectivity index is 1.52. The molecular weight excluding hydrogens is 320 g/mol. The highest BCUT2D eigenvalue weighted by Gasteiger charge is 2.31. The zero-order chi connectivity index (χ0) is 17.2. The van der Waals surface area contributed by atoms with Crippen molar-refractivity contribution in [2.24, 2.45) is 4.99 Å². The van der Waals surface area contributed by atoms with E-state index >= 15 is 0 Å². The molecule has 1 aromatic carbocycles. The van der Waals surface area contributed by atoms with Crippen LogP contribution in [-0.2, 0) is 11.3 Å². The zero-order valence-electron chi connectivity index (χ0n) is 14.7. The van der Waals surface area contributed by atoms with Crippen LogP contribution in [0.5, 0.6) is 0 Å². The van der Waals surface area contributed by atoms with Gasteiger partial charge in [-0.05, 0) is 31.5 Å². The van der Waals surface area contributed by atoms with E-state index in [2.05, 4.69) is 41.1 Å². The number of carbonyl (C=O) groups is 1. The lowest BCUT2D eigenvalue weighted by Crippen LogP contribution is -2.47. The Morgan fingerprint density at radius 2 is 2.04 bits per heavy atom. The van der Waals surface area contributed by atoms with E-state index in [-0.39, 0.29) is 10.7 Å². The molecule has 3 rings (SSSR count). The molecule has 130 valence electrons. The first kappa shape index (κ1) is 17.3. The first-order chi connectivity index (χ1) is 11.4. The number of amidine groups is 1. The third-order valence-electron chi connectivity index (χ3n) is 4.26. The standard InChI is InChI=1S/C18H26N4OS/c1-14(23)20-16-6-4-5-15(11-16)12-21-7-9-22(10-8-21)17-19-13-18(2,3)24-17/h4-6,11H,7-10,12-13H2,1-3H3,(H,20,23). The number of amides is 1. The zero-order valence-corrected chi connectivity index (χ0v) is 15.5. The SMILES string of the molecule is CC(=O)Nc1cccc(CN2CCN(C3=NCC(C)(C)S3)CC2)c1. The minimum atomic E-state index is -0.0291. The highest BCUT2D eigenvalue weighted by atomic mass is 32.2. The maximum atomic E-state index is 11.2. The van der Waals surface area contributed by atoms with E-state index < -0.39 is 0 Å². The third-order valence-corrected chi connectivity index (χ3v) is 5.51. The Hall–Kier alpha value is -1.53. The van der Waals surface area contributed by atoms with Crippen molar-refractivity contribution in [3.63, 3.8) is 0 Å². The van der Waals surface area contributed by atoms with Crippen LogP contribution in [0.4, 0.5) is 5.69 Å². The van der Waals surface area contributed by atoms with Gasteiger partial charge in [-0.2, -0.15) is 0 Å². The summed E-state index contributed by atoms with van der Waals surface area (Å²) < 4.78 is 0.247. The van der Waals surface area contributed by atoms with Crippen molar-refractivity contribution in [3.8, 4) is 0 Å². The number of hydrogen-bond donors (Lipinski definition) is 1. The molecule has 5 nitrogen and oxygen atoms in total. The average Bonchev–Trinajstić information content (AvgIpc) is 2.88. The number of aliphatic imine (C=N–C) groups is 1. The van der Waals surface area contributed by atoms with Gasteiger partial charge < -0.3 is 10.2 Å². The van der Waals surface area contributed by atoms with Crippen molar-refractivity contribution in [1.82, 2.24) is 9.80 Å². The quantitative estimate of drug-likeness (QED) is 0.914. The van der Waals surface area contributed by atoms with Crippen molar-refractivity contribution in [2.45, 2.75) is 32.1 Å². The molecule has 2 aliphatic rings. The van der Waals surface area contributed by atoms with E-state index in [9.17, 15) is 4.79 Å². The summed E-state index contributed by atoms with van der Waals surface area (Å²) in [6.07, 6.45) is 0. The lowest BCUT2D eigenvalue weighted by Gasteiger charge is -2.36. The van der Waals surface area contributed by atoms with Gasteiger partial charge in [-0.15, -0.1) is 0 Å². The van der Waals surface area contributed by atoms with Crippen molar-refractivity contribution < 1.29 is 4.79 Å². The summed E-state index contributed by atoms with van der Waals surface area (Å²) in [5, 5.41) is 4.07. The molecule has 1 saturated heterocycles. The fourth-order valence-electron chi connectivity index (χ4n) is 3.04. The lowest BCUT2D eigenvalue weighted by molar-refractivity contribution is -0.114. The summed E-state index contributed by atoms with van der Waals surface area (Å²) in [5.41, 5.74) is 2.11. The molecule has 24 heavy (non-hydrogen) atoms. The summed E-state index contributed by atoms with van der Waals surface area (Å²) >= 11 is 1.90. The van der Waals surface area contributed by atoms with Crippen molar-refractivity contribution in [2.75, 3.05) is 38.0 Å². The molecule has 0 saturated carbocycles. The molecular formula is C18H26N4OS. The van der Waals surface area contributed by atoms with Crippen LogP contribution < -0.4 is 5.32 Å². The Labute approximate surface area is 148 Å². The van der Waals surface area contributed by atoms with Gasteiger partial charge in [-0.1, -0.05) is 23.9 Å². The summed E-state index contributed by atoms with van der Waals surface area (Å²) in [7, 11) is 0. The van der Waals surface area contributed by atoms with Crippen LogP contribution in [0.25, 0.3) is 0 Å². The number of nitrogens with zero attached hydrogens (tertiary/aromatic N) is 3. The monoisotopic (exact) mass is 346 g/mol. The predicted molar refractivity (Wildman–Crippen MR) is 102 cm³/mol. The second-order valence-electron chi connectivity index (χ2n) is 7.11. The Kier molecular flexibility index (Phi) is 5.15. The molecule has 0 spiro atoms. The highest BCUT2D eigenvalue weighted by Crippen LogP contribution is 2.33. The number of benzene rings is 1. The van der Waals surface area contributed by atoms with Gasteiger partial charge >= 0.3 is 0 Å². The van der Waals surface area contributed by atoms with Crippen LogP contribution >= 0.6 is 11.8 Å². The van der Waals surface area contributed by atoms with E-state index in [1.807, 2.05) is 23.9 Å². The molecule has 0 atom stereocenters. The normalized spacial score (nSPS) is 20.8. The minimum absolute atomic E-state index is 0.0291. The van der Waals surface area contributed by atoms with Crippen molar-refractivity contribution >= 4 is 28.5 Å². The molecule has 1 N–H and O–H groups in total. The number of rotatable bonds is 3. The molecule has 0 aromatic heterocycles.